The second kappa shape index (κ2) is 9.20. The van der Waals surface area contributed by atoms with Crippen molar-refractivity contribution >= 4 is 29.3 Å². The van der Waals surface area contributed by atoms with E-state index in [1.807, 2.05) is 41.3 Å². The van der Waals surface area contributed by atoms with E-state index in [0.29, 0.717) is 36.9 Å². The van der Waals surface area contributed by atoms with E-state index in [4.69, 9.17) is 11.6 Å². The van der Waals surface area contributed by atoms with Gasteiger partial charge in [-0.1, -0.05) is 54.1 Å². The van der Waals surface area contributed by atoms with Crippen molar-refractivity contribution in [2.45, 2.75) is 0 Å². The summed E-state index contributed by atoms with van der Waals surface area (Å²) >= 11 is 6.21. The number of allylic oxidation sites excluding steroid dienone is 2. The van der Waals surface area contributed by atoms with Gasteiger partial charge in [-0.25, -0.2) is 4.39 Å². The molecule has 1 aliphatic rings. The topological polar surface area (TPSA) is 47.3 Å². The zero-order valence-electron chi connectivity index (χ0n) is 15.2. The van der Waals surface area contributed by atoms with Gasteiger partial charge < -0.3 is 9.80 Å². The maximum absolute atomic E-state index is 13.9. The van der Waals surface area contributed by atoms with Crippen LogP contribution in [0.2, 0.25) is 0 Å². The van der Waals surface area contributed by atoms with Crippen LogP contribution in [0.25, 0.3) is 6.08 Å². The molecule has 0 radical (unpaired) electrons. The Morgan fingerprint density at radius 3 is 2.32 bits per heavy atom. The van der Waals surface area contributed by atoms with Gasteiger partial charge >= 0.3 is 0 Å². The van der Waals surface area contributed by atoms with Gasteiger partial charge in [-0.3, -0.25) is 4.79 Å². The van der Waals surface area contributed by atoms with Crippen LogP contribution in [0.3, 0.4) is 0 Å². The highest BCUT2D eigenvalue weighted by molar-refractivity contribution is 6.33. The third-order valence-corrected chi connectivity index (χ3v) is 4.72. The fourth-order valence-electron chi connectivity index (χ4n) is 3.06. The van der Waals surface area contributed by atoms with E-state index in [1.165, 1.54) is 12.1 Å². The Hall–Kier alpha value is -3.10. The third-order valence-electron chi connectivity index (χ3n) is 4.50. The number of hydrogen-bond donors (Lipinski definition) is 0. The third kappa shape index (κ3) is 4.79. The van der Waals surface area contributed by atoms with E-state index in [2.05, 4.69) is 0 Å². The van der Waals surface area contributed by atoms with Crippen LogP contribution < -0.4 is 4.90 Å². The molecule has 0 aromatic heterocycles. The molecular formula is C22H19ClFN3O. The number of nitriles is 1. The number of nitrogens with zero attached hydrogens (tertiary/aromatic N) is 3. The molecule has 1 amide bonds. The zero-order valence-corrected chi connectivity index (χ0v) is 15.9. The lowest BCUT2D eigenvalue weighted by molar-refractivity contribution is -0.127. The van der Waals surface area contributed by atoms with Crippen molar-refractivity contribution in [2.24, 2.45) is 0 Å². The maximum Gasteiger partial charge on any atom is 0.264 e. The van der Waals surface area contributed by atoms with Crippen LogP contribution in [0.5, 0.6) is 0 Å². The van der Waals surface area contributed by atoms with Gasteiger partial charge in [0.1, 0.15) is 17.5 Å². The summed E-state index contributed by atoms with van der Waals surface area (Å²) in [5.74, 6) is -0.645. The monoisotopic (exact) mass is 395 g/mol. The maximum atomic E-state index is 13.9. The molecule has 2 aromatic carbocycles. The quantitative estimate of drug-likeness (QED) is 0.442. The minimum absolute atomic E-state index is 0.0171. The molecule has 4 nitrogen and oxygen atoms in total. The molecule has 3 rings (SSSR count). The number of piperazine rings is 1. The lowest BCUT2D eigenvalue weighted by Crippen LogP contribution is -2.49. The highest BCUT2D eigenvalue weighted by Gasteiger charge is 2.24. The summed E-state index contributed by atoms with van der Waals surface area (Å²) in [4.78, 5) is 16.2. The van der Waals surface area contributed by atoms with Crippen LogP contribution >= 0.6 is 11.6 Å². The Kier molecular flexibility index (Phi) is 6.46. The van der Waals surface area contributed by atoms with Crippen LogP contribution in [0.15, 0.2) is 71.3 Å². The Morgan fingerprint density at radius 1 is 1.04 bits per heavy atom. The predicted octanol–water partition coefficient (Wildman–Crippen LogP) is 4.20. The van der Waals surface area contributed by atoms with E-state index < -0.39 is 0 Å². The first kappa shape index (κ1) is 19.7. The molecule has 28 heavy (non-hydrogen) atoms. The van der Waals surface area contributed by atoms with Gasteiger partial charge in [0.15, 0.2) is 0 Å². The molecule has 0 aliphatic carbocycles. The molecule has 0 unspecified atom stereocenters. The summed E-state index contributed by atoms with van der Waals surface area (Å²) in [5.41, 5.74) is 1.39. The summed E-state index contributed by atoms with van der Waals surface area (Å²) in [6.45, 7) is 1.82. The average molecular weight is 396 g/mol. The molecule has 0 saturated carbocycles. The van der Waals surface area contributed by atoms with Crippen molar-refractivity contribution in [3.05, 3.63) is 82.7 Å². The molecule has 0 bridgehead atoms. The van der Waals surface area contributed by atoms with Crippen LogP contribution in [-0.2, 0) is 4.79 Å². The van der Waals surface area contributed by atoms with Gasteiger partial charge in [-0.15, -0.1) is 0 Å². The van der Waals surface area contributed by atoms with Gasteiger partial charge in [0.2, 0.25) is 0 Å². The molecule has 1 fully saturated rings. The fraction of sp³-hybridized carbons (Fsp3) is 0.182. The molecule has 6 heteroatoms. The van der Waals surface area contributed by atoms with Crippen molar-refractivity contribution < 1.29 is 9.18 Å². The SMILES string of the molecule is N#C/C(=C\C(Cl)=C\c1ccccc1)C(=O)N1CCN(c2ccccc2F)CC1. The minimum Gasteiger partial charge on any atom is -0.366 e. The highest BCUT2D eigenvalue weighted by Crippen LogP contribution is 2.21. The van der Waals surface area contributed by atoms with Crippen LogP contribution in [0, 0.1) is 17.1 Å². The normalized spacial score (nSPS) is 15.3. The van der Waals surface area contributed by atoms with Crippen molar-refractivity contribution in [1.29, 1.82) is 5.26 Å². The first-order chi connectivity index (χ1) is 13.6. The van der Waals surface area contributed by atoms with Gasteiger partial charge in [-0.05, 0) is 29.8 Å². The molecule has 1 aliphatic heterocycles. The number of halogens is 2. The molecule has 142 valence electrons. The van der Waals surface area contributed by atoms with Crippen molar-refractivity contribution in [3.63, 3.8) is 0 Å². The van der Waals surface area contributed by atoms with Crippen LogP contribution in [0.4, 0.5) is 10.1 Å². The second-order valence-corrected chi connectivity index (χ2v) is 6.78. The summed E-state index contributed by atoms with van der Waals surface area (Å²) in [5, 5.41) is 9.70. The van der Waals surface area contributed by atoms with Crippen molar-refractivity contribution in [3.8, 4) is 6.07 Å². The molecule has 2 aromatic rings. The lowest BCUT2D eigenvalue weighted by atomic mass is 10.1. The molecule has 0 spiro atoms. The number of hydrogen-bond acceptors (Lipinski definition) is 3. The zero-order chi connectivity index (χ0) is 19.9. The average Bonchev–Trinajstić information content (AvgIpc) is 2.73. The number of carbonyl (C=O) groups is 1. The molecule has 1 heterocycles. The summed E-state index contributed by atoms with van der Waals surface area (Å²) in [7, 11) is 0. The largest absolute Gasteiger partial charge is 0.366 e. The number of rotatable bonds is 4. The number of amides is 1. The van der Waals surface area contributed by atoms with E-state index >= 15 is 0 Å². The minimum atomic E-state index is -0.365. The number of carbonyl (C=O) groups excluding carboxylic acids is 1. The van der Waals surface area contributed by atoms with E-state index in [0.717, 1.165) is 5.56 Å². The Bertz CT molecular complexity index is 942. The van der Waals surface area contributed by atoms with Gasteiger partial charge in [0, 0.05) is 31.2 Å². The molecular weight excluding hydrogens is 377 g/mol. The molecule has 0 N–H and O–H groups in total. The Balaban J connectivity index is 1.67. The molecule has 1 saturated heterocycles. The van der Waals surface area contributed by atoms with Crippen molar-refractivity contribution in [1.82, 2.24) is 4.90 Å². The fourth-order valence-corrected chi connectivity index (χ4v) is 3.29. The van der Waals surface area contributed by atoms with Gasteiger partial charge in [0.25, 0.3) is 5.91 Å². The molecule has 0 atom stereocenters. The van der Waals surface area contributed by atoms with Crippen LogP contribution in [0.1, 0.15) is 5.56 Å². The Morgan fingerprint density at radius 2 is 1.68 bits per heavy atom. The first-order valence-corrected chi connectivity index (χ1v) is 9.29. The van der Waals surface area contributed by atoms with Crippen LogP contribution in [-0.4, -0.2) is 37.0 Å². The van der Waals surface area contributed by atoms with E-state index in [-0.39, 0.29) is 17.3 Å². The first-order valence-electron chi connectivity index (χ1n) is 8.91. The summed E-state index contributed by atoms with van der Waals surface area (Å²) < 4.78 is 13.9. The lowest BCUT2D eigenvalue weighted by Gasteiger charge is -2.36. The number of para-hydroxylation sites is 1. The number of anilines is 1. The van der Waals surface area contributed by atoms with E-state index in [9.17, 15) is 14.4 Å². The Labute approximate surface area is 168 Å². The predicted molar refractivity (Wildman–Crippen MR) is 109 cm³/mol. The van der Waals surface area contributed by atoms with Gasteiger partial charge in [-0.2, -0.15) is 5.26 Å². The standard InChI is InChI=1S/C22H19ClFN3O/c23-19(14-17-6-2-1-3-7-17)15-18(16-25)22(28)27-12-10-26(11-13-27)21-9-5-4-8-20(21)24/h1-9,14-15H,10-13H2/b18-15+,19-14-. The van der Waals surface area contributed by atoms with Crippen molar-refractivity contribution in [2.75, 3.05) is 31.1 Å². The number of benzene rings is 2. The van der Waals surface area contributed by atoms with E-state index in [1.54, 1.807) is 29.2 Å². The smallest absolute Gasteiger partial charge is 0.264 e. The summed E-state index contributed by atoms with van der Waals surface area (Å²) in [6.07, 6.45) is 3.09. The highest BCUT2D eigenvalue weighted by atomic mass is 35.5. The summed E-state index contributed by atoms with van der Waals surface area (Å²) in [6, 6.07) is 17.9. The second-order valence-electron chi connectivity index (χ2n) is 6.34. The van der Waals surface area contributed by atoms with Gasteiger partial charge in [0.05, 0.1) is 5.69 Å².